The predicted molar refractivity (Wildman–Crippen MR) is 56.3 cm³/mol. The molecule has 3 N–H and O–H groups in total. The van der Waals surface area contributed by atoms with E-state index in [1.165, 1.54) is 19.3 Å². The Bertz CT molecular complexity index is 112. The third-order valence-corrected chi connectivity index (χ3v) is 2.37. The van der Waals surface area contributed by atoms with Crippen LogP contribution in [0, 0.1) is 0 Å². The van der Waals surface area contributed by atoms with Gasteiger partial charge in [-0.05, 0) is 19.0 Å². The third kappa shape index (κ3) is 12.3. The van der Waals surface area contributed by atoms with Gasteiger partial charge in [0, 0.05) is 6.42 Å². The first-order chi connectivity index (χ1) is 6.06. The van der Waals surface area contributed by atoms with Crippen LogP contribution in [-0.2, 0) is 0 Å². The average Bonchev–Trinajstić information content (AvgIpc) is 2.01. The summed E-state index contributed by atoms with van der Waals surface area (Å²) < 4.78 is 0. The van der Waals surface area contributed by atoms with E-state index in [-0.39, 0.29) is 6.42 Å². The molecule has 3 nitrogen and oxygen atoms in total. The maximum absolute atomic E-state index is 8.57. The Morgan fingerprint density at radius 1 is 0.769 bits per heavy atom. The van der Waals surface area contributed by atoms with Crippen LogP contribution in [0.5, 0.6) is 0 Å². The van der Waals surface area contributed by atoms with Crippen LogP contribution in [0.4, 0.5) is 0 Å². The summed E-state index contributed by atoms with van der Waals surface area (Å²) in [5.41, 5.74) is 0. The van der Waals surface area contributed by atoms with Crippen molar-refractivity contribution < 1.29 is 15.3 Å². The Balaban J connectivity index is 3.00. The fraction of sp³-hybridized carbons (Fsp3) is 1.00. The van der Waals surface area contributed by atoms with Crippen LogP contribution >= 0.6 is 9.24 Å². The molecule has 0 aliphatic rings. The van der Waals surface area contributed by atoms with Crippen molar-refractivity contribution in [3.05, 3.63) is 0 Å². The zero-order valence-electron chi connectivity index (χ0n) is 8.08. The summed E-state index contributed by atoms with van der Waals surface area (Å²) in [4.78, 5) is 0. The fourth-order valence-electron chi connectivity index (χ4n) is 1.21. The molecule has 1 unspecified atom stereocenters. The smallest absolute Gasteiger partial charge is 0.275 e. The van der Waals surface area contributed by atoms with Crippen LogP contribution in [0.2, 0.25) is 0 Å². The fourth-order valence-corrected chi connectivity index (χ4v) is 1.50. The van der Waals surface area contributed by atoms with Gasteiger partial charge in [0.15, 0.2) is 0 Å². The monoisotopic (exact) mass is 208 g/mol. The molecule has 0 amide bonds. The molecule has 0 spiro atoms. The van der Waals surface area contributed by atoms with Crippen LogP contribution < -0.4 is 0 Å². The molecule has 0 aliphatic carbocycles. The van der Waals surface area contributed by atoms with Crippen molar-refractivity contribution in [3.63, 3.8) is 0 Å². The lowest BCUT2D eigenvalue weighted by molar-refractivity contribution is -0.315. The van der Waals surface area contributed by atoms with Gasteiger partial charge in [-0.3, -0.25) is 0 Å². The van der Waals surface area contributed by atoms with E-state index in [4.69, 9.17) is 15.3 Å². The summed E-state index contributed by atoms with van der Waals surface area (Å²) in [6.07, 6.45) is 7.64. The molecule has 0 saturated heterocycles. The quantitative estimate of drug-likeness (QED) is 0.319. The molecule has 13 heavy (non-hydrogen) atoms. The molecule has 0 heterocycles. The molecule has 0 aromatic rings. The lowest BCUT2D eigenvalue weighted by Crippen LogP contribution is -2.26. The molecule has 0 rings (SSSR count). The summed E-state index contributed by atoms with van der Waals surface area (Å²) in [7, 11) is 2.70. The zero-order chi connectivity index (χ0) is 10.2. The molecule has 0 fully saturated rings. The number of aliphatic hydroxyl groups is 3. The molecule has 1 atom stereocenters. The Morgan fingerprint density at radius 2 is 1.23 bits per heavy atom. The van der Waals surface area contributed by atoms with E-state index in [2.05, 4.69) is 9.24 Å². The van der Waals surface area contributed by atoms with E-state index >= 15 is 0 Å². The highest BCUT2D eigenvalue weighted by Crippen LogP contribution is 2.11. The van der Waals surface area contributed by atoms with E-state index in [0.717, 1.165) is 19.0 Å². The number of hydrogen-bond donors (Lipinski definition) is 3. The van der Waals surface area contributed by atoms with Gasteiger partial charge < -0.3 is 15.3 Å². The lowest BCUT2D eigenvalue weighted by Gasteiger charge is -2.12. The Labute approximate surface area is 82.4 Å². The second-order valence-corrected chi connectivity index (χ2v) is 4.01. The van der Waals surface area contributed by atoms with Gasteiger partial charge in [-0.1, -0.05) is 25.7 Å². The van der Waals surface area contributed by atoms with Gasteiger partial charge in [-0.2, -0.15) is 0 Å². The largest absolute Gasteiger partial charge is 0.344 e. The van der Waals surface area contributed by atoms with Gasteiger partial charge in [-0.25, -0.2) is 0 Å². The molecule has 0 aromatic heterocycles. The first-order valence-electron chi connectivity index (χ1n) is 4.93. The van der Waals surface area contributed by atoms with Crippen molar-refractivity contribution >= 4 is 9.24 Å². The van der Waals surface area contributed by atoms with Gasteiger partial charge in [0.2, 0.25) is 0 Å². The molecule has 0 aromatic carbocycles. The van der Waals surface area contributed by atoms with Crippen molar-refractivity contribution in [3.8, 4) is 0 Å². The maximum atomic E-state index is 8.57. The summed E-state index contributed by atoms with van der Waals surface area (Å²) in [5.74, 6) is -2.46. The Kier molecular flexibility index (Phi) is 7.87. The molecule has 0 saturated carbocycles. The highest BCUT2D eigenvalue weighted by molar-refractivity contribution is 7.16. The van der Waals surface area contributed by atoms with Gasteiger partial charge in [0.05, 0.1) is 0 Å². The van der Waals surface area contributed by atoms with Gasteiger partial charge in [0.1, 0.15) is 0 Å². The topological polar surface area (TPSA) is 60.7 Å². The minimum Gasteiger partial charge on any atom is -0.344 e. The second-order valence-electron chi connectivity index (χ2n) is 3.43. The summed E-state index contributed by atoms with van der Waals surface area (Å²) in [5, 5.41) is 25.7. The van der Waals surface area contributed by atoms with Gasteiger partial charge >= 0.3 is 0 Å². The lowest BCUT2D eigenvalue weighted by atomic mass is 10.1. The SMILES string of the molecule is OC(O)(O)CCCCCCCCP. The van der Waals surface area contributed by atoms with E-state index in [1.54, 1.807) is 0 Å². The van der Waals surface area contributed by atoms with Crippen molar-refractivity contribution in [2.24, 2.45) is 0 Å². The summed E-state index contributed by atoms with van der Waals surface area (Å²) in [6, 6.07) is 0. The van der Waals surface area contributed by atoms with Crippen LogP contribution in [-0.4, -0.2) is 27.5 Å². The Hall–Kier alpha value is 0.310. The van der Waals surface area contributed by atoms with Crippen molar-refractivity contribution in [2.75, 3.05) is 6.16 Å². The third-order valence-electron chi connectivity index (χ3n) is 1.97. The highest BCUT2D eigenvalue weighted by Gasteiger charge is 2.16. The van der Waals surface area contributed by atoms with E-state index in [9.17, 15) is 0 Å². The summed E-state index contributed by atoms with van der Waals surface area (Å²) in [6.45, 7) is 0. The first-order valence-corrected chi connectivity index (χ1v) is 5.75. The zero-order valence-corrected chi connectivity index (χ0v) is 9.23. The molecule has 0 aliphatic heterocycles. The van der Waals surface area contributed by atoms with Crippen LogP contribution in [0.15, 0.2) is 0 Å². The predicted octanol–water partition coefficient (Wildman–Crippen LogP) is 1.22. The molecule has 80 valence electrons. The number of unbranched alkanes of at least 4 members (excludes halogenated alkanes) is 5. The van der Waals surface area contributed by atoms with E-state index < -0.39 is 5.97 Å². The average molecular weight is 208 g/mol. The van der Waals surface area contributed by atoms with Crippen molar-refractivity contribution in [1.29, 1.82) is 0 Å². The van der Waals surface area contributed by atoms with Gasteiger partial charge in [0.25, 0.3) is 5.97 Å². The van der Waals surface area contributed by atoms with Gasteiger partial charge in [-0.15, -0.1) is 9.24 Å². The molecule has 0 bridgehead atoms. The van der Waals surface area contributed by atoms with Crippen LogP contribution in [0.3, 0.4) is 0 Å². The minimum absolute atomic E-state index is 0.0522. The number of hydrogen-bond acceptors (Lipinski definition) is 3. The maximum Gasteiger partial charge on any atom is 0.275 e. The molecular formula is C9H21O3P. The normalized spacial score (nSPS) is 12.0. The highest BCUT2D eigenvalue weighted by atomic mass is 31.0. The standard InChI is InChI=1S/C9H21O3P/c10-9(11,12)7-5-3-1-2-4-6-8-13/h10-12H,1-8,13H2. The minimum atomic E-state index is -2.46. The second kappa shape index (κ2) is 7.69. The number of rotatable bonds is 8. The molecule has 4 heteroatoms. The van der Waals surface area contributed by atoms with Crippen LogP contribution in [0.25, 0.3) is 0 Å². The van der Waals surface area contributed by atoms with E-state index in [1.807, 2.05) is 0 Å². The van der Waals surface area contributed by atoms with Crippen LogP contribution in [0.1, 0.15) is 44.9 Å². The summed E-state index contributed by atoms with van der Waals surface area (Å²) >= 11 is 0. The van der Waals surface area contributed by atoms with Crippen molar-refractivity contribution in [1.82, 2.24) is 0 Å². The van der Waals surface area contributed by atoms with Crippen molar-refractivity contribution in [2.45, 2.75) is 50.9 Å². The molecular weight excluding hydrogens is 187 g/mol. The Morgan fingerprint density at radius 3 is 1.69 bits per heavy atom. The van der Waals surface area contributed by atoms with E-state index in [0.29, 0.717) is 6.42 Å². The molecule has 0 radical (unpaired) electrons. The first kappa shape index (κ1) is 13.3.